The van der Waals surface area contributed by atoms with E-state index < -0.39 is 11.6 Å². The Morgan fingerprint density at radius 1 is 1.50 bits per heavy atom. The highest BCUT2D eigenvalue weighted by Crippen LogP contribution is 2.25. The molecule has 0 radical (unpaired) electrons. The van der Waals surface area contributed by atoms with Crippen molar-refractivity contribution >= 4 is 11.9 Å². The number of carboxylic acid groups (broad SMARTS) is 1. The quantitative estimate of drug-likeness (QED) is 0.865. The van der Waals surface area contributed by atoms with Gasteiger partial charge in [0.1, 0.15) is 12.4 Å². The second-order valence-corrected chi connectivity index (χ2v) is 5.73. The van der Waals surface area contributed by atoms with Crippen LogP contribution in [0.1, 0.15) is 25.3 Å². The molecule has 0 spiro atoms. The Kier molecular flexibility index (Phi) is 5.03. The van der Waals surface area contributed by atoms with Crippen molar-refractivity contribution in [1.82, 2.24) is 4.90 Å². The van der Waals surface area contributed by atoms with Gasteiger partial charge in [-0.15, -0.1) is 0 Å². The number of hydrogen-bond donors (Lipinski definition) is 1. The first-order chi connectivity index (χ1) is 10.4. The van der Waals surface area contributed by atoms with Crippen LogP contribution in [0.15, 0.2) is 24.3 Å². The zero-order valence-corrected chi connectivity index (χ0v) is 12.9. The van der Waals surface area contributed by atoms with Gasteiger partial charge in [0, 0.05) is 19.5 Å². The van der Waals surface area contributed by atoms with Crippen LogP contribution in [0.5, 0.6) is 5.75 Å². The van der Waals surface area contributed by atoms with E-state index in [4.69, 9.17) is 14.6 Å². The lowest BCUT2D eigenvalue weighted by Crippen LogP contribution is -2.52. The molecule has 1 fully saturated rings. The summed E-state index contributed by atoms with van der Waals surface area (Å²) in [6.45, 7) is 2.68. The number of nitrogens with zero attached hydrogens (tertiary/aromatic N) is 1. The minimum Gasteiger partial charge on any atom is -0.497 e. The van der Waals surface area contributed by atoms with E-state index in [0.717, 1.165) is 11.3 Å². The van der Waals surface area contributed by atoms with E-state index in [-0.39, 0.29) is 18.9 Å². The van der Waals surface area contributed by atoms with Gasteiger partial charge in [0.15, 0.2) is 0 Å². The number of rotatable bonds is 6. The molecule has 2 rings (SSSR count). The molecular formula is C16H21NO5. The third-order valence-corrected chi connectivity index (χ3v) is 3.80. The molecule has 1 atom stereocenters. The molecule has 1 heterocycles. The molecule has 1 aromatic rings. The average molecular weight is 307 g/mol. The van der Waals surface area contributed by atoms with Crippen LogP contribution in [0.3, 0.4) is 0 Å². The summed E-state index contributed by atoms with van der Waals surface area (Å²) in [5.74, 6) is -0.205. The number of carbonyl (C=O) groups excluding carboxylic acids is 1. The van der Waals surface area contributed by atoms with Crippen molar-refractivity contribution in [2.24, 2.45) is 0 Å². The third kappa shape index (κ3) is 4.21. The van der Waals surface area contributed by atoms with Crippen LogP contribution in [0, 0.1) is 0 Å². The van der Waals surface area contributed by atoms with Crippen molar-refractivity contribution in [1.29, 1.82) is 0 Å². The average Bonchev–Trinajstić information content (AvgIpc) is 2.50. The van der Waals surface area contributed by atoms with Gasteiger partial charge in [-0.1, -0.05) is 12.1 Å². The minimum atomic E-state index is -0.860. The Balaban J connectivity index is 2.04. The lowest BCUT2D eigenvalue weighted by Gasteiger charge is -2.40. The Hall–Kier alpha value is -2.08. The topological polar surface area (TPSA) is 76.1 Å². The molecule has 6 heteroatoms. The summed E-state index contributed by atoms with van der Waals surface area (Å²) in [5.41, 5.74) is 0.348. The summed E-state index contributed by atoms with van der Waals surface area (Å²) in [6, 6.07) is 7.54. The van der Waals surface area contributed by atoms with Gasteiger partial charge in [0.25, 0.3) is 0 Å². The fourth-order valence-corrected chi connectivity index (χ4v) is 2.52. The van der Waals surface area contributed by atoms with Crippen LogP contribution in [0.2, 0.25) is 0 Å². The molecule has 0 aliphatic carbocycles. The van der Waals surface area contributed by atoms with E-state index in [1.165, 1.54) is 0 Å². The summed E-state index contributed by atoms with van der Waals surface area (Å²) in [4.78, 5) is 24.5. The van der Waals surface area contributed by atoms with Crippen LogP contribution in [-0.4, -0.2) is 47.7 Å². The predicted molar refractivity (Wildman–Crippen MR) is 79.6 cm³/mol. The van der Waals surface area contributed by atoms with Gasteiger partial charge in [-0.25, -0.2) is 0 Å². The first-order valence-corrected chi connectivity index (χ1v) is 7.18. The minimum absolute atomic E-state index is 0.0138. The molecule has 1 saturated heterocycles. The van der Waals surface area contributed by atoms with Crippen molar-refractivity contribution in [3.63, 3.8) is 0 Å². The molecule has 22 heavy (non-hydrogen) atoms. The highest BCUT2D eigenvalue weighted by atomic mass is 16.5. The molecule has 120 valence electrons. The second kappa shape index (κ2) is 6.79. The number of hydrogen-bond acceptors (Lipinski definition) is 4. The summed E-state index contributed by atoms with van der Waals surface area (Å²) in [6.07, 6.45) is 0.405. The van der Waals surface area contributed by atoms with Gasteiger partial charge < -0.3 is 19.5 Å². The van der Waals surface area contributed by atoms with E-state index in [0.29, 0.717) is 19.5 Å². The molecule has 1 aromatic carbocycles. The van der Waals surface area contributed by atoms with E-state index in [1.807, 2.05) is 31.2 Å². The van der Waals surface area contributed by atoms with Gasteiger partial charge in [-0.3, -0.25) is 9.59 Å². The van der Waals surface area contributed by atoms with Gasteiger partial charge in [0.2, 0.25) is 5.91 Å². The Morgan fingerprint density at radius 3 is 2.95 bits per heavy atom. The van der Waals surface area contributed by atoms with Crippen LogP contribution in [-0.2, 0) is 20.9 Å². The molecule has 1 amide bonds. The summed E-state index contributed by atoms with van der Waals surface area (Å²) < 4.78 is 10.7. The van der Waals surface area contributed by atoms with Crippen molar-refractivity contribution < 1.29 is 24.2 Å². The molecule has 0 saturated carbocycles. The fraction of sp³-hybridized carbons (Fsp3) is 0.500. The number of benzene rings is 1. The van der Waals surface area contributed by atoms with Gasteiger partial charge in [0.05, 0.1) is 12.7 Å². The number of carbonyl (C=O) groups is 2. The summed E-state index contributed by atoms with van der Waals surface area (Å²) >= 11 is 0. The third-order valence-electron chi connectivity index (χ3n) is 3.80. The standard InChI is InChI=1S/C16H21NO5/c1-16(7-6-15(19)20)11-17(14(18)10-22-16)9-12-4-3-5-13(8-12)21-2/h3-5,8H,6-7,9-11H2,1-2H3,(H,19,20). The van der Waals surface area contributed by atoms with Crippen LogP contribution >= 0.6 is 0 Å². The van der Waals surface area contributed by atoms with Gasteiger partial charge in [-0.05, 0) is 31.0 Å². The molecule has 1 aliphatic heterocycles. The molecule has 0 aromatic heterocycles. The first kappa shape index (κ1) is 16.3. The molecule has 1 N–H and O–H groups in total. The van der Waals surface area contributed by atoms with E-state index in [2.05, 4.69) is 0 Å². The molecule has 0 bridgehead atoms. The Labute approximate surface area is 129 Å². The maximum atomic E-state index is 12.0. The number of carboxylic acids is 1. The van der Waals surface area contributed by atoms with Crippen molar-refractivity contribution in [3.8, 4) is 5.75 Å². The highest BCUT2D eigenvalue weighted by molar-refractivity contribution is 5.78. The van der Waals surface area contributed by atoms with Crippen LogP contribution in [0.25, 0.3) is 0 Å². The largest absolute Gasteiger partial charge is 0.497 e. The zero-order valence-electron chi connectivity index (χ0n) is 12.9. The molecule has 1 aliphatic rings. The van der Waals surface area contributed by atoms with Crippen molar-refractivity contribution in [2.45, 2.75) is 31.9 Å². The maximum Gasteiger partial charge on any atom is 0.303 e. The van der Waals surface area contributed by atoms with Crippen molar-refractivity contribution in [3.05, 3.63) is 29.8 Å². The van der Waals surface area contributed by atoms with Gasteiger partial charge >= 0.3 is 5.97 Å². The zero-order chi connectivity index (χ0) is 16.2. The van der Waals surface area contributed by atoms with E-state index >= 15 is 0 Å². The smallest absolute Gasteiger partial charge is 0.303 e. The highest BCUT2D eigenvalue weighted by Gasteiger charge is 2.36. The molecule has 6 nitrogen and oxygen atoms in total. The van der Waals surface area contributed by atoms with Crippen LogP contribution in [0.4, 0.5) is 0 Å². The molecular weight excluding hydrogens is 286 g/mol. The second-order valence-electron chi connectivity index (χ2n) is 5.73. The van der Waals surface area contributed by atoms with Crippen LogP contribution < -0.4 is 4.74 Å². The monoisotopic (exact) mass is 307 g/mol. The predicted octanol–water partition coefficient (Wildman–Crippen LogP) is 1.68. The Bertz CT molecular complexity index is 559. The normalized spacial score (nSPS) is 21.7. The lowest BCUT2D eigenvalue weighted by molar-refractivity contribution is -0.164. The maximum absolute atomic E-state index is 12.0. The number of morpholine rings is 1. The number of methoxy groups -OCH3 is 1. The fourth-order valence-electron chi connectivity index (χ4n) is 2.52. The van der Waals surface area contributed by atoms with E-state index in [9.17, 15) is 9.59 Å². The summed E-state index contributed by atoms with van der Waals surface area (Å²) in [5, 5.41) is 8.82. The SMILES string of the molecule is COc1cccc(CN2CC(C)(CCC(=O)O)OCC2=O)c1. The number of ether oxygens (including phenoxy) is 2. The number of amides is 1. The molecule has 1 unspecified atom stereocenters. The van der Waals surface area contributed by atoms with E-state index in [1.54, 1.807) is 12.0 Å². The first-order valence-electron chi connectivity index (χ1n) is 7.18. The van der Waals surface area contributed by atoms with Gasteiger partial charge in [-0.2, -0.15) is 0 Å². The summed E-state index contributed by atoms with van der Waals surface area (Å²) in [7, 11) is 1.60. The lowest BCUT2D eigenvalue weighted by atomic mass is 9.97. The Morgan fingerprint density at radius 2 is 2.27 bits per heavy atom. The number of aliphatic carboxylic acids is 1. The van der Waals surface area contributed by atoms with Crippen molar-refractivity contribution in [2.75, 3.05) is 20.3 Å².